The molecule has 0 aromatic carbocycles. The van der Waals surface area contributed by atoms with Crippen LogP contribution in [0.25, 0.3) is 0 Å². The van der Waals surface area contributed by atoms with Crippen molar-refractivity contribution in [3.8, 4) is 11.8 Å². The fourth-order valence-corrected chi connectivity index (χ4v) is 2.04. The second kappa shape index (κ2) is 4.86. The van der Waals surface area contributed by atoms with Crippen molar-refractivity contribution in [1.29, 1.82) is 0 Å². The van der Waals surface area contributed by atoms with E-state index < -0.39 is 14.9 Å². The van der Waals surface area contributed by atoms with E-state index in [1.165, 1.54) is 0 Å². The van der Waals surface area contributed by atoms with E-state index in [9.17, 15) is 9.00 Å². The van der Waals surface area contributed by atoms with Gasteiger partial charge in [-0.2, -0.15) is 0 Å². The maximum absolute atomic E-state index is 12.2. The molecule has 17 heavy (non-hydrogen) atoms. The molecule has 3 heteroatoms. The summed E-state index contributed by atoms with van der Waals surface area (Å²) in [6.07, 6.45) is 3.15. The van der Waals surface area contributed by atoms with Gasteiger partial charge in [-0.05, 0) is 30.3 Å². The Bertz CT molecular complexity index is 471. The summed E-state index contributed by atoms with van der Waals surface area (Å²) in [5, 5.41) is 0. The van der Waals surface area contributed by atoms with Crippen molar-refractivity contribution in [2.75, 3.05) is 12.5 Å². The number of hydrogen-bond donors (Lipinski definition) is 0. The van der Waals surface area contributed by atoms with Gasteiger partial charge >= 0.3 is 0 Å². The van der Waals surface area contributed by atoms with Crippen LogP contribution in [0.4, 0.5) is 0 Å². The van der Waals surface area contributed by atoms with Crippen LogP contribution in [0.5, 0.6) is 0 Å². The SMILES string of the molecule is CC(C)(C)C#CC(C(=O)C(C)(C)C)=S(C)(C)=O. The van der Waals surface area contributed by atoms with Gasteiger partial charge in [0.2, 0.25) is 0 Å². The zero-order valence-electron chi connectivity index (χ0n) is 12.2. The van der Waals surface area contributed by atoms with Crippen LogP contribution in [-0.4, -0.2) is 27.4 Å². The van der Waals surface area contributed by atoms with Crippen molar-refractivity contribution < 1.29 is 9.00 Å². The number of Topliss-reactive ketones (excluding diaryl/α,β-unsaturated/α-hetero) is 1. The highest BCUT2D eigenvalue weighted by atomic mass is 32.2. The molecule has 2 nitrogen and oxygen atoms in total. The van der Waals surface area contributed by atoms with Gasteiger partial charge in [-0.1, -0.05) is 32.6 Å². The average molecular weight is 256 g/mol. The molecular formula is C14H24O2S. The minimum Gasteiger partial charge on any atom is -0.292 e. The first kappa shape index (κ1) is 16.2. The zero-order valence-corrected chi connectivity index (χ0v) is 13.0. The summed E-state index contributed by atoms with van der Waals surface area (Å²) in [6, 6.07) is 0. The molecule has 0 saturated carbocycles. The first-order chi connectivity index (χ1) is 7.25. The Morgan fingerprint density at radius 3 is 1.65 bits per heavy atom. The van der Waals surface area contributed by atoms with E-state index in [2.05, 4.69) is 11.8 Å². The molecule has 0 aromatic rings. The lowest BCUT2D eigenvalue weighted by atomic mass is 9.88. The highest BCUT2D eigenvalue weighted by Gasteiger charge is 2.27. The van der Waals surface area contributed by atoms with E-state index >= 15 is 0 Å². The van der Waals surface area contributed by atoms with Crippen LogP contribution >= 0.6 is 0 Å². The summed E-state index contributed by atoms with van der Waals surface area (Å²) in [4.78, 5) is 12.5. The highest BCUT2D eigenvalue weighted by Crippen LogP contribution is 2.17. The Labute approximate surface area is 106 Å². The third kappa shape index (κ3) is 5.93. The molecule has 0 radical (unpaired) electrons. The Morgan fingerprint density at radius 2 is 1.41 bits per heavy atom. The van der Waals surface area contributed by atoms with Crippen LogP contribution in [0.1, 0.15) is 41.5 Å². The quantitative estimate of drug-likeness (QED) is 0.533. The smallest absolute Gasteiger partial charge is 0.184 e. The molecule has 0 amide bonds. The van der Waals surface area contributed by atoms with Gasteiger partial charge in [0.05, 0.1) is 0 Å². The maximum Gasteiger partial charge on any atom is 0.184 e. The van der Waals surface area contributed by atoms with Crippen molar-refractivity contribution in [3.63, 3.8) is 0 Å². The minimum absolute atomic E-state index is 0.121. The molecule has 0 spiro atoms. The molecule has 0 aliphatic heterocycles. The lowest BCUT2D eigenvalue weighted by molar-refractivity contribution is -0.119. The summed E-state index contributed by atoms with van der Waals surface area (Å²) in [5.41, 5.74) is -0.745. The standard InChI is InChI=1S/C14H24O2S/c1-13(2,3)10-9-11(17(7,8)16)12(15)14(4,5)6/h1-8H3. The summed E-state index contributed by atoms with van der Waals surface area (Å²) < 4.78 is 12.1. The summed E-state index contributed by atoms with van der Waals surface area (Å²) >= 11 is 0. The van der Waals surface area contributed by atoms with Crippen molar-refractivity contribution in [3.05, 3.63) is 0 Å². The van der Waals surface area contributed by atoms with E-state index in [0.717, 1.165) is 0 Å². The Morgan fingerprint density at radius 1 is 1.00 bits per heavy atom. The molecule has 0 bridgehead atoms. The van der Waals surface area contributed by atoms with Gasteiger partial charge in [0.1, 0.15) is 4.86 Å². The van der Waals surface area contributed by atoms with Crippen LogP contribution in [0.3, 0.4) is 0 Å². The molecule has 0 heterocycles. The van der Waals surface area contributed by atoms with Gasteiger partial charge in [-0.3, -0.25) is 9.00 Å². The molecule has 0 atom stereocenters. The third-order valence-corrected chi connectivity index (χ3v) is 3.20. The van der Waals surface area contributed by atoms with Crippen LogP contribution < -0.4 is 0 Å². The Hall–Kier alpha value is -0.750. The maximum atomic E-state index is 12.2. The second-order valence-corrected chi connectivity index (χ2v) is 9.52. The van der Waals surface area contributed by atoms with Gasteiger partial charge in [0.25, 0.3) is 0 Å². The third-order valence-electron chi connectivity index (χ3n) is 1.93. The van der Waals surface area contributed by atoms with E-state index in [4.69, 9.17) is 0 Å². The molecule has 0 unspecified atom stereocenters. The normalized spacial score (nSPS) is 12.7. The first-order valence-electron chi connectivity index (χ1n) is 5.64. The summed E-state index contributed by atoms with van der Waals surface area (Å²) in [7, 11) is -2.33. The Balaban J connectivity index is 5.79. The van der Waals surface area contributed by atoms with Crippen LogP contribution in [-0.2, 0) is 14.3 Å². The number of hydrogen-bond acceptors (Lipinski definition) is 2. The molecule has 0 rings (SSSR count). The Kier molecular flexibility index (Phi) is 4.64. The van der Waals surface area contributed by atoms with Crippen LogP contribution in [0, 0.1) is 22.7 Å². The van der Waals surface area contributed by atoms with Crippen molar-refractivity contribution in [2.24, 2.45) is 10.8 Å². The molecule has 98 valence electrons. The largest absolute Gasteiger partial charge is 0.292 e. The fourth-order valence-electron chi connectivity index (χ4n) is 0.988. The van der Waals surface area contributed by atoms with Gasteiger partial charge in [-0.25, -0.2) is 0 Å². The van der Waals surface area contributed by atoms with Crippen LogP contribution in [0.2, 0.25) is 0 Å². The molecule has 0 N–H and O–H groups in total. The molecule has 0 saturated heterocycles. The summed E-state index contributed by atoms with van der Waals surface area (Å²) in [5.74, 6) is 5.72. The monoisotopic (exact) mass is 256 g/mol. The van der Waals surface area contributed by atoms with Gasteiger partial charge in [0.15, 0.2) is 5.78 Å². The highest BCUT2D eigenvalue weighted by molar-refractivity contribution is 8.02. The van der Waals surface area contributed by atoms with Gasteiger partial charge in [0, 0.05) is 23.3 Å². The number of carbonyl (C=O) groups excluding carboxylic acids is 1. The molecule has 0 aliphatic carbocycles. The molecule has 0 aromatic heterocycles. The molecule has 0 fully saturated rings. The predicted octanol–water partition coefficient (Wildman–Crippen LogP) is 2.37. The lowest BCUT2D eigenvalue weighted by Gasteiger charge is -2.17. The van der Waals surface area contributed by atoms with Crippen molar-refractivity contribution >= 4 is 20.2 Å². The predicted molar refractivity (Wildman–Crippen MR) is 76.7 cm³/mol. The van der Waals surface area contributed by atoms with E-state index in [0.29, 0.717) is 0 Å². The van der Waals surface area contributed by atoms with Gasteiger partial charge < -0.3 is 0 Å². The minimum atomic E-state index is -2.33. The van der Waals surface area contributed by atoms with E-state index in [-0.39, 0.29) is 16.1 Å². The van der Waals surface area contributed by atoms with Crippen LogP contribution in [0.15, 0.2) is 0 Å². The molecule has 0 aliphatic rings. The van der Waals surface area contributed by atoms with Gasteiger partial charge in [-0.15, -0.1) is 0 Å². The van der Waals surface area contributed by atoms with Crippen molar-refractivity contribution in [1.82, 2.24) is 0 Å². The zero-order chi connectivity index (χ0) is 14.1. The summed E-state index contributed by atoms with van der Waals surface area (Å²) in [6.45, 7) is 11.4. The number of carbonyl (C=O) groups is 1. The van der Waals surface area contributed by atoms with E-state index in [1.807, 2.05) is 41.5 Å². The second-order valence-electron chi connectivity index (χ2n) is 6.64. The fraction of sp³-hybridized carbons (Fsp3) is 0.714. The lowest BCUT2D eigenvalue weighted by Crippen LogP contribution is -2.32. The first-order valence-corrected chi connectivity index (χ1v) is 8.02. The topological polar surface area (TPSA) is 34.1 Å². The van der Waals surface area contributed by atoms with E-state index in [1.54, 1.807) is 12.5 Å². The van der Waals surface area contributed by atoms with Crippen molar-refractivity contribution in [2.45, 2.75) is 41.5 Å². The number of rotatable bonds is 1. The molecular weight excluding hydrogens is 232 g/mol. The average Bonchev–Trinajstić information content (AvgIpc) is 1.97. The number of ketones is 1.